The van der Waals surface area contributed by atoms with Gasteiger partial charge in [-0.15, -0.1) is 0 Å². The van der Waals surface area contributed by atoms with E-state index in [1.807, 2.05) is 0 Å². The van der Waals surface area contributed by atoms with E-state index < -0.39 is 0 Å². The maximum absolute atomic E-state index is 11.2. The van der Waals surface area contributed by atoms with Crippen molar-refractivity contribution in [2.24, 2.45) is 5.92 Å². The zero-order chi connectivity index (χ0) is 12.2. The minimum atomic E-state index is -0.238. The molecular weight excluding hydrogens is 204 g/mol. The largest absolute Gasteiger partial charge is 0.342 e. The van der Waals surface area contributed by atoms with Gasteiger partial charge in [-0.2, -0.15) is 4.89 Å². The van der Waals surface area contributed by atoms with Crippen LogP contribution >= 0.6 is 0 Å². The van der Waals surface area contributed by atoms with Crippen molar-refractivity contribution in [1.82, 2.24) is 0 Å². The minimum absolute atomic E-state index is 0.238. The Bertz CT molecular complexity index is 165. The third-order valence-corrected chi connectivity index (χ3v) is 2.90. The van der Waals surface area contributed by atoms with Crippen LogP contribution in [0.2, 0.25) is 0 Å². The Labute approximate surface area is 99.4 Å². The molecule has 0 heterocycles. The van der Waals surface area contributed by atoms with E-state index >= 15 is 0 Å². The van der Waals surface area contributed by atoms with Gasteiger partial charge < -0.3 is 0 Å². The molecule has 0 saturated heterocycles. The Morgan fingerprint density at radius 3 is 2.38 bits per heavy atom. The van der Waals surface area contributed by atoms with Crippen LogP contribution in [0.4, 0.5) is 0 Å². The van der Waals surface area contributed by atoms with Crippen LogP contribution in [0.25, 0.3) is 0 Å². The lowest BCUT2D eigenvalue weighted by Gasteiger charge is -2.10. The molecule has 3 nitrogen and oxygen atoms in total. The summed E-state index contributed by atoms with van der Waals surface area (Å²) in [5.74, 6) is 0.441. The SMILES string of the molecule is CCCCCC(=O)OOCCC(CC)CC. The Kier molecular flexibility index (Phi) is 10.5. The quantitative estimate of drug-likeness (QED) is 0.325. The summed E-state index contributed by atoms with van der Waals surface area (Å²) in [5, 5.41) is 0. The molecule has 0 aromatic rings. The molecule has 0 radical (unpaired) electrons. The Morgan fingerprint density at radius 1 is 1.12 bits per heavy atom. The van der Waals surface area contributed by atoms with Crippen molar-refractivity contribution in [1.29, 1.82) is 0 Å². The normalized spacial score (nSPS) is 10.8. The molecule has 0 N–H and O–H groups in total. The Balaban J connectivity index is 3.33. The lowest BCUT2D eigenvalue weighted by Crippen LogP contribution is -2.09. The molecule has 0 bridgehead atoms. The van der Waals surface area contributed by atoms with Crippen LogP contribution in [0, 0.1) is 5.92 Å². The molecule has 0 atom stereocenters. The van der Waals surface area contributed by atoms with Gasteiger partial charge in [0.05, 0.1) is 6.61 Å². The lowest BCUT2D eigenvalue weighted by molar-refractivity contribution is -0.273. The fourth-order valence-electron chi connectivity index (χ4n) is 1.58. The summed E-state index contributed by atoms with van der Waals surface area (Å²) in [5.41, 5.74) is 0. The molecule has 0 spiro atoms. The average molecular weight is 230 g/mol. The van der Waals surface area contributed by atoms with Gasteiger partial charge in [-0.1, -0.05) is 46.5 Å². The van der Waals surface area contributed by atoms with Crippen LogP contribution in [0.15, 0.2) is 0 Å². The molecule has 16 heavy (non-hydrogen) atoms. The van der Waals surface area contributed by atoms with E-state index in [0.29, 0.717) is 18.9 Å². The van der Waals surface area contributed by atoms with Gasteiger partial charge in [-0.3, -0.25) is 4.89 Å². The van der Waals surface area contributed by atoms with Gasteiger partial charge in [0.25, 0.3) is 0 Å². The van der Waals surface area contributed by atoms with Crippen LogP contribution in [-0.2, 0) is 14.6 Å². The van der Waals surface area contributed by atoms with E-state index in [1.54, 1.807) is 0 Å². The van der Waals surface area contributed by atoms with Crippen LogP contribution < -0.4 is 0 Å². The number of carbonyl (C=O) groups is 1. The van der Waals surface area contributed by atoms with Crippen molar-refractivity contribution >= 4 is 5.97 Å². The summed E-state index contributed by atoms with van der Waals surface area (Å²) < 4.78 is 0. The lowest BCUT2D eigenvalue weighted by atomic mass is 10.0. The molecule has 0 fully saturated rings. The molecule has 0 aliphatic rings. The molecular formula is C13H26O3. The Hall–Kier alpha value is -0.570. The van der Waals surface area contributed by atoms with Crippen LogP contribution in [-0.4, -0.2) is 12.6 Å². The number of carbonyl (C=O) groups excluding carboxylic acids is 1. The van der Waals surface area contributed by atoms with Gasteiger partial charge in [0.15, 0.2) is 0 Å². The van der Waals surface area contributed by atoms with Gasteiger partial charge in [0.2, 0.25) is 0 Å². The first kappa shape index (κ1) is 15.4. The van der Waals surface area contributed by atoms with E-state index in [9.17, 15) is 4.79 Å². The monoisotopic (exact) mass is 230 g/mol. The summed E-state index contributed by atoms with van der Waals surface area (Å²) in [6.07, 6.45) is 6.83. The van der Waals surface area contributed by atoms with Crippen LogP contribution in [0.5, 0.6) is 0 Å². The molecule has 0 aliphatic carbocycles. The summed E-state index contributed by atoms with van der Waals surface area (Å²) >= 11 is 0. The first-order valence-electron chi connectivity index (χ1n) is 6.56. The molecule has 3 heteroatoms. The summed E-state index contributed by atoms with van der Waals surface area (Å²) in [4.78, 5) is 20.8. The fourth-order valence-corrected chi connectivity index (χ4v) is 1.58. The molecule has 0 rings (SSSR count). The number of hydrogen-bond acceptors (Lipinski definition) is 3. The topological polar surface area (TPSA) is 35.5 Å². The maximum atomic E-state index is 11.2. The summed E-state index contributed by atoms with van der Waals surface area (Å²) in [7, 11) is 0. The van der Waals surface area contributed by atoms with Crippen LogP contribution in [0.1, 0.15) is 65.7 Å². The predicted molar refractivity (Wildman–Crippen MR) is 64.9 cm³/mol. The van der Waals surface area contributed by atoms with Gasteiger partial charge in [-0.25, -0.2) is 4.79 Å². The van der Waals surface area contributed by atoms with Crippen molar-refractivity contribution in [3.63, 3.8) is 0 Å². The van der Waals surface area contributed by atoms with Crippen molar-refractivity contribution in [2.75, 3.05) is 6.61 Å². The molecule has 96 valence electrons. The molecule has 0 amide bonds. The number of unbranched alkanes of at least 4 members (excludes halogenated alkanes) is 2. The maximum Gasteiger partial charge on any atom is 0.342 e. The second-order valence-electron chi connectivity index (χ2n) is 4.21. The van der Waals surface area contributed by atoms with Gasteiger partial charge in [0, 0.05) is 6.42 Å². The van der Waals surface area contributed by atoms with Gasteiger partial charge in [0.1, 0.15) is 0 Å². The second kappa shape index (κ2) is 10.9. The first-order valence-corrected chi connectivity index (χ1v) is 6.56. The second-order valence-corrected chi connectivity index (χ2v) is 4.21. The van der Waals surface area contributed by atoms with E-state index in [-0.39, 0.29) is 5.97 Å². The number of rotatable bonds is 10. The van der Waals surface area contributed by atoms with Gasteiger partial charge >= 0.3 is 5.97 Å². The van der Waals surface area contributed by atoms with Crippen LogP contribution in [0.3, 0.4) is 0 Å². The number of hydrogen-bond donors (Lipinski definition) is 0. The highest BCUT2D eigenvalue weighted by Gasteiger charge is 2.06. The highest BCUT2D eigenvalue weighted by molar-refractivity contribution is 5.68. The summed E-state index contributed by atoms with van der Waals surface area (Å²) in [6, 6.07) is 0. The fraction of sp³-hybridized carbons (Fsp3) is 0.923. The zero-order valence-electron chi connectivity index (χ0n) is 11.0. The minimum Gasteiger partial charge on any atom is -0.298 e. The first-order chi connectivity index (χ1) is 7.74. The third kappa shape index (κ3) is 8.72. The molecule has 0 aromatic heterocycles. The molecule has 0 unspecified atom stereocenters. The van der Waals surface area contributed by atoms with Crippen molar-refractivity contribution in [2.45, 2.75) is 65.7 Å². The van der Waals surface area contributed by atoms with E-state index in [2.05, 4.69) is 25.7 Å². The van der Waals surface area contributed by atoms with E-state index in [1.165, 1.54) is 0 Å². The zero-order valence-corrected chi connectivity index (χ0v) is 11.0. The van der Waals surface area contributed by atoms with E-state index in [0.717, 1.165) is 38.5 Å². The Morgan fingerprint density at radius 2 is 1.81 bits per heavy atom. The van der Waals surface area contributed by atoms with Crippen molar-refractivity contribution < 1.29 is 14.6 Å². The highest BCUT2D eigenvalue weighted by atomic mass is 17.2. The molecule has 0 aliphatic heterocycles. The highest BCUT2D eigenvalue weighted by Crippen LogP contribution is 2.12. The molecule has 0 saturated carbocycles. The standard InChI is InChI=1S/C13H26O3/c1-4-7-8-9-13(14)16-15-11-10-12(5-2)6-3/h12H,4-11H2,1-3H3. The molecule has 0 aromatic carbocycles. The summed E-state index contributed by atoms with van der Waals surface area (Å²) in [6.45, 7) is 6.97. The van der Waals surface area contributed by atoms with Gasteiger partial charge in [-0.05, 0) is 18.8 Å². The van der Waals surface area contributed by atoms with E-state index in [4.69, 9.17) is 4.89 Å². The van der Waals surface area contributed by atoms with Crippen molar-refractivity contribution in [3.8, 4) is 0 Å². The average Bonchev–Trinajstić information content (AvgIpc) is 2.30. The third-order valence-electron chi connectivity index (χ3n) is 2.90. The van der Waals surface area contributed by atoms with Crippen molar-refractivity contribution in [3.05, 3.63) is 0 Å². The smallest absolute Gasteiger partial charge is 0.298 e. The predicted octanol–water partition coefficient (Wildman–Crippen LogP) is 3.87.